The first-order valence-electron chi connectivity index (χ1n) is 6.15. The molecule has 0 aliphatic heterocycles. The number of hydrogen-bond donors (Lipinski definition) is 1. The van der Waals surface area contributed by atoms with Gasteiger partial charge in [-0.25, -0.2) is 4.98 Å². The summed E-state index contributed by atoms with van der Waals surface area (Å²) in [5.41, 5.74) is 8.31. The highest BCUT2D eigenvalue weighted by molar-refractivity contribution is 7.10. The van der Waals surface area contributed by atoms with E-state index in [1.54, 1.807) is 11.3 Å². The molecule has 3 nitrogen and oxygen atoms in total. The van der Waals surface area contributed by atoms with Gasteiger partial charge in [-0.15, -0.1) is 11.3 Å². The van der Waals surface area contributed by atoms with Gasteiger partial charge in [0.25, 0.3) is 0 Å². The Kier molecular flexibility index (Phi) is 3.31. The van der Waals surface area contributed by atoms with Gasteiger partial charge in [0.15, 0.2) is 0 Å². The first-order chi connectivity index (χ1) is 9.20. The second kappa shape index (κ2) is 4.96. The smallest absolute Gasteiger partial charge is 0.132 e. The quantitative estimate of drug-likeness (QED) is 0.797. The van der Waals surface area contributed by atoms with Crippen molar-refractivity contribution in [2.75, 3.05) is 0 Å². The van der Waals surface area contributed by atoms with Crippen molar-refractivity contribution in [3.63, 3.8) is 0 Å². The second-order valence-corrected chi connectivity index (χ2v) is 5.76. The lowest BCUT2D eigenvalue weighted by Crippen LogP contribution is -2.16. The van der Waals surface area contributed by atoms with Gasteiger partial charge in [-0.3, -0.25) is 0 Å². The molecule has 0 aliphatic carbocycles. The van der Waals surface area contributed by atoms with E-state index in [0.717, 1.165) is 33.3 Å². The molecule has 1 atom stereocenters. The Morgan fingerprint density at radius 1 is 1.42 bits per heavy atom. The Bertz CT molecular complexity index is 703. The molecular formula is C14H14ClN3S. The Balaban J connectivity index is 2.18. The summed E-state index contributed by atoms with van der Waals surface area (Å²) in [6, 6.07) is 9.60. The molecule has 5 heteroatoms. The Morgan fingerprint density at radius 2 is 2.26 bits per heavy atom. The van der Waals surface area contributed by atoms with Crippen LogP contribution >= 0.6 is 22.9 Å². The van der Waals surface area contributed by atoms with Crippen molar-refractivity contribution in [3.8, 4) is 0 Å². The van der Waals surface area contributed by atoms with Crippen molar-refractivity contribution in [3.05, 3.63) is 51.4 Å². The maximum atomic E-state index is 6.33. The number of nitrogens with zero attached hydrogens (tertiary/aromatic N) is 2. The minimum absolute atomic E-state index is 0.189. The highest BCUT2D eigenvalue weighted by Gasteiger charge is 2.18. The third kappa shape index (κ3) is 2.16. The van der Waals surface area contributed by atoms with Gasteiger partial charge < -0.3 is 10.3 Å². The van der Waals surface area contributed by atoms with Gasteiger partial charge in [-0.1, -0.05) is 17.7 Å². The molecule has 1 unspecified atom stereocenters. The number of nitrogens with two attached hydrogens (primary N) is 1. The summed E-state index contributed by atoms with van der Waals surface area (Å²) in [4.78, 5) is 5.79. The predicted octanol–water partition coefficient (Wildman–Crippen LogP) is 3.82. The largest absolute Gasteiger partial charge is 0.327 e. The number of aromatic nitrogens is 2. The monoisotopic (exact) mass is 291 g/mol. The van der Waals surface area contributed by atoms with E-state index in [0.29, 0.717) is 0 Å². The number of hydrogen-bond acceptors (Lipinski definition) is 3. The van der Waals surface area contributed by atoms with Crippen molar-refractivity contribution < 1.29 is 0 Å². The minimum atomic E-state index is -0.189. The van der Waals surface area contributed by atoms with E-state index in [4.69, 9.17) is 17.3 Å². The average molecular weight is 292 g/mol. The van der Waals surface area contributed by atoms with Crippen LogP contribution in [-0.4, -0.2) is 9.55 Å². The van der Waals surface area contributed by atoms with Gasteiger partial charge in [0.1, 0.15) is 5.82 Å². The number of rotatable bonds is 3. The van der Waals surface area contributed by atoms with E-state index in [2.05, 4.69) is 16.5 Å². The maximum Gasteiger partial charge on any atom is 0.132 e. The molecule has 0 fully saturated rings. The van der Waals surface area contributed by atoms with Crippen LogP contribution in [0.15, 0.2) is 35.7 Å². The molecule has 1 aromatic carbocycles. The zero-order valence-electron chi connectivity index (χ0n) is 10.5. The fourth-order valence-corrected chi connectivity index (χ4v) is 3.17. The van der Waals surface area contributed by atoms with Crippen LogP contribution in [0.5, 0.6) is 0 Å². The van der Waals surface area contributed by atoms with E-state index in [-0.39, 0.29) is 6.04 Å². The number of thiophene rings is 1. The van der Waals surface area contributed by atoms with E-state index in [1.165, 1.54) is 0 Å². The van der Waals surface area contributed by atoms with Crippen LogP contribution in [0.2, 0.25) is 5.02 Å². The van der Waals surface area contributed by atoms with Gasteiger partial charge in [-0.2, -0.15) is 0 Å². The standard InChI is InChI=1S/C14H14ClN3S/c1-2-18-11-8-9(15)5-6-10(11)17-14(18)13(16)12-4-3-7-19-12/h3-8,13H,2,16H2,1H3. The van der Waals surface area contributed by atoms with Crippen LogP contribution in [0.4, 0.5) is 0 Å². The van der Waals surface area contributed by atoms with Crippen LogP contribution in [0.3, 0.4) is 0 Å². The average Bonchev–Trinajstić information content (AvgIpc) is 3.04. The van der Waals surface area contributed by atoms with Gasteiger partial charge in [0.2, 0.25) is 0 Å². The highest BCUT2D eigenvalue weighted by Crippen LogP contribution is 2.28. The summed E-state index contributed by atoms with van der Waals surface area (Å²) in [6.07, 6.45) is 0. The molecule has 0 bridgehead atoms. The lowest BCUT2D eigenvalue weighted by Gasteiger charge is -2.11. The SMILES string of the molecule is CCn1c(C(N)c2cccs2)nc2ccc(Cl)cc21. The molecule has 2 heterocycles. The molecule has 19 heavy (non-hydrogen) atoms. The molecule has 0 aliphatic rings. The number of halogens is 1. The summed E-state index contributed by atoms with van der Waals surface area (Å²) < 4.78 is 2.13. The zero-order valence-corrected chi connectivity index (χ0v) is 12.1. The summed E-state index contributed by atoms with van der Waals surface area (Å²) in [5, 5.41) is 2.75. The van der Waals surface area contributed by atoms with Crippen molar-refractivity contribution >= 4 is 34.0 Å². The second-order valence-electron chi connectivity index (χ2n) is 4.34. The van der Waals surface area contributed by atoms with Crippen molar-refractivity contribution in [2.24, 2.45) is 5.73 Å². The molecule has 2 N–H and O–H groups in total. The van der Waals surface area contributed by atoms with E-state index < -0.39 is 0 Å². The van der Waals surface area contributed by atoms with Gasteiger partial charge in [0.05, 0.1) is 17.1 Å². The van der Waals surface area contributed by atoms with Crippen molar-refractivity contribution in [2.45, 2.75) is 19.5 Å². The van der Waals surface area contributed by atoms with Crippen LogP contribution < -0.4 is 5.73 Å². The molecule has 0 saturated carbocycles. The molecule has 0 spiro atoms. The van der Waals surface area contributed by atoms with Crippen LogP contribution in [0.25, 0.3) is 11.0 Å². The molecular weight excluding hydrogens is 278 g/mol. The summed E-state index contributed by atoms with van der Waals surface area (Å²) >= 11 is 7.72. The predicted molar refractivity (Wildman–Crippen MR) is 80.8 cm³/mol. The van der Waals surface area contributed by atoms with Gasteiger partial charge >= 0.3 is 0 Å². The summed E-state index contributed by atoms with van der Waals surface area (Å²) in [6.45, 7) is 2.91. The van der Waals surface area contributed by atoms with Crippen LogP contribution in [0.1, 0.15) is 23.7 Å². The fraction of sp³-hybridized carbons (Fsp3) is 0.214. The first-order valence-corrected chi connectivity index (χ1v) is 7.41. The first kappa shape index (κ1) is 12.7. The highest BCUT2D eigenvalue weighted by atomic mass is 35.5. The third-order valence-electron chi connectivity index (χ3n) is 3.18. The normalized spacial score (nSPS) is 13.0. The topological polar surface area (TPSA) is 43.8 Å². The molecule has 3 rings (SSSR count). The van der Waals surface area contributed by atoms with Crippen molar-refractivity contribution in [1.82, 2.24) is 9.55 Å². The molecule has 98 valence electrons. The lowest BCUT2D eigenvalue weighted by atomic mass is 10.2. The third-order valence-corrected chi connectivity index (χ3v) is 4.37. The van der Waals surface area contributed by atoms with Crippen molar-refractivity contribution in [1.29, 1.82) is 0 Å². The zero-order chi connectivity index (χ0) is 13.4. The molecule has 0 amide bonds. The number of imidazole rings is 1. The fourth-order valence-electron chi connectivity index (χ4n) is 2.28. The van der Waals surface area contributed by atoms with E-state index >= 15 is 0 Å². The molecule has 2 aromatic heterocycles. The number of fused-ring (bicyclic) bond motifs is 1. The summed E-state index contributed by atoms with van der Waals surface area (Å²) in [7, 11) is 0. The lowest BCUT2D eigenvalue weighted by molar-refractivity contribution is 0.677. The van der Waals surface area contributed by atoms with Gasteiger partial charge in [-0.05, 0) is 36.6 Å². The Hall–Kier alpha value is -1.36. The van der Waals surface area contributed by atoms with E-state index in [1.807, 2.05) is 35.7 Å². The molecule has 0 saturated heterocycles. The summed E-state index contributed by atoms with van der Waals surface area (Å²) in [5.74, 6) is 0.891. The number of benzene rings is 1. The Morgan fingerprint density at radius 3 is 2.95 bits per heavy atom. The molecule has 0 radical (unpaired) electrons. The van der Waals surface area contributed by atoms with E-state index in [9.17, 15) is 0 Å². The van der Waals surface area contributed by atoms with Crippen LogP contribution in [0, 0.1) is 0 Å². The van der Waals surface area contributed by atoms with Gasteiger partial charge in [0, 0.05) is 16.4 Å². The number of aryl methyl sites for hydroxylation is 1. The Labute approximate surface area is 120 Å². The van der Waals surface area contributed by atoms with Crippen LogP contribution in [-0.2, 0) is 6.54 Å². The minimum Gasteiger partial charge on any atom is -0.327 e. The molecule has 3 aromatic rings. The maximum absolute atomic E-state index is 6.33.